The maximum atomic E-state index is 13.7. The zero-order chi connectivity index (χ0) is 14.7. The number of ether oxygens (including phenoxy) is 1. The summed E-state index contributed by atoms with van der Waals surface area (Å²) in [5, 5.41) is 12.0. The lowest BCUT2D eigenvalue weighted by atomic mass is 10.2. The van der Waals surface area contributed by atoms with E-state index in [1.54, 1.807) is 12.1 Å². The molecule has 7 heteroatoms. The van der Waals surface area contributed by atoms with Crippen LogP contribution in [-0.2, 0) is 4.74 Å². The molecule has 0 aliphatic carbocycles. The molecule has 1 unspecified atom stereocenters. The van der Waals surface area contributed by atoms with E-state index in [0.717, 1.165) is 11.3 Å². The Labute approximate surface area is 119 Å². The SMILES string of the molecule is COCC(CO)NC(=O)c1sc2cccc(F)c2c1N. The van der Waals surface area contributed by atoms with Crippen LogP contribution in [0.15, 0.2) is 18.2 Å². The van der Waals surface area contributed by atoms with Crippen molar-refractivity contribution >= 4 is 33.0 Å². The molecule has 0 aliphatic rings. The van der Waals surface area contributed by atoms with E-state index in [-0.39, 0.29) is 29.2 Å². The van der Waals surface area contributed by atoms with Gasteiger partial charge in [0.2, 0.25) is 0 Å². The van der Waals surface area contributed by atoms with Gasteiger partial charge in [-0.1, -0.05) is 6.07 Å². The van der Waals surface area contributed by atoms with E-state index in [2.05, 4.69) is 5.32 Å². The normalized spacial score (nSPS) is 12.6. The molecule has 2 aromatic rings. The minimum absolute atomic E-state index is 0.120. The van der Waals surface area contributed by atoms with Gasteiger partial charge in [-0.15, -0.1) is 11.3 Å². The number of benzene rings is 1. The molecule has 108 valence electrons. The van der Waals surface area contributed by atoms with Gasteiger partial charge in [-0.2, -0.15) is 0 Å². The Kier molecular flexibility index (Phi) is 4.53. The van der Waals surface area contributed by atoms with Gasteiger partial charge in [0.15, 0.2) is 0 Å². The number of carbonyl (C=O) groups excluding carboxylic acids is 1. The van der Waals surface area contributed by atoms with Crippen LogP contribution in [0, 0.1) is 5.82 Å². The number of aliphatic hydroxyl groups excluding tert-OH is 1. The largest absolute Gasteiger partial charge is 0.397 e. The Morgan fingerprint density at radius 1 is 1.60 bits per heavy atom. The molecule has 1 aromatic heterocycles. The van der Waals surface area contributed by atoms with Crippen molar-refractivity contribution in [2.45, 2.75) is 6.04 Å². The average Bonchev–Trinajstić information content (AvgIpc) is 2.77. The summed E-state index contributed by atoms with van der Waals surface area (Å²) >= 11 is 1.12. The Hall–Kier alpha value is -1.70. The van der Waals surface area contributed by atoms with Crippen LogP contribution >= 0.6 is 11.3 Å². The van der Waals surface area contributed by atoms with Crippen LogP contribution in [0.5, 0.6) is 0 Å². The lowest BCUT2D eigenvalue weighted by molar-refractivity contribution is 0.0844. The molecule has 0 bridgehead atoms. The van der Waals surface area contributed by atoms with E-state index in [9.17, 15) is 9.18 Å². The Morgan fingerprint density at radius 3 is 2.95 bits per heavy atom. The molecule has 4 N–H and O–H groups in total. The highest BCUT2D eigenvalue weighted by atomic mass is 32.1. The van der Waals surface area contributed by atoms with Crippen molar-refractivity contribution in [2.24, 2.45) is 0 Å². The van der Waals surface area contributed by atoms with Gasteiger partial charge in [-0.3, -0.25) is 4.79 Å². The summed E-state index contributed by atoms with van der Waals surface area (Å²) in [5.74, 6) is -0.898. The van der Waals surface area contributed by atoms with Gasteiger partial charge in [0, 0.05) is 11.8 Å². The van der Waals surface area contributed by atoms with Crippen LogP contribution in [0.2, 0.25) is 0 Å². The third-order valence-electron chi connectivity index (χ3n) is 2.83. The molecule has 0 saturated carbocycles. The van der Waals surface area contributed by atoms with Gasteiger partial charge in [-0.05, 0) is 12.1 Å². The molecule has 2 rings (SSSR count). The van der Waals surface area contributed by atoms with E-state index in [0.29, 0.717) is 4.70 Å². The number of halogens is 1. The number of hydrogen-bond acceptors (Lipinski definition) is 5. The number of methoxy groups -OCH3 is 1. The van der Waals surface area contributed by atoms with Crippen LogP contribution in [0.25, 0.3) is 10.1 Å². The monoisotopic (exact) mass is 298 g/mol. The molecular weight excluding hydrogens is 283 g/mol. The third-order valence-corrected chi connectivity index (χ3v) is 4.00. The lowest BCUT2D eigenvalue weighted by Gasteiger charge is -2.14. The van der Waals surface area contributed by atoms with E-state index < -0.39 is 17.8 Å². The maximum Gasteiger partial charge on any atom is 0.263 e. The number of rotatable bonds is 5. The summed E-state index contributed by atoms with van der Waals surface area (Å²) < 4.78 is 19.2. The minimum atomic E-state index is -0.526. The van der Waals surface area contributed by atoms with Crippen LogP contribution < -0.4 is 11.1 Å². The van der Waals surface area contributed by atoms with Crippen molar-refractivity contribution in [3.05, 3.63) is 28.9 Å². The fraction of sp³-hybridized carbons (Fsp3) is 0.308. The van der Waals surface area contributed by atoms with E-state index in [1.807, 2.05) is 0 Å². The molecule has 0 saturated heterocycles. The van der Waals surface area contributed by atoms with Crippen LogP contribution in [0.1, 0.15) is 9.67 Å². The number of nitrogens with one attached hydrogen (secondary N) is 1. The number of amides is 1. The van der Waals surface area contributed by atoms with Crippen molar-refractivity contribution in [3.63, 3.8) is 0 Å². The molecule has 0 fully saturated rings. The molecule has 5 nitrogen and oxygen atoms in total. The number of nitrogens with two attached hydrogens (primary N) is 1. The first-order valence-corrected chi connectivity index (χ1v) is 6.77. The van der Waals surface area contributed by atoms with Crippen LogP contribution in [0.4, 0.5) is 10.1 Å². The Bertz CT molecular complexity index is 629. The molecule has 0 spiro atoms. The van der Waals surface area contributed by atoms with E-state index >= 15 is 0 Å². The predicted molar refractivity (Wildman–Crippen MR) is 76.4 cm³/mol. The average molecular weight is 298 g/mol. The first-order valence-electron chi connectivity index (χ1n) is 5.95. The highest BCUT2D eigenvalue weighted by Gasteiger charge is 2.20. The van der Waals surface area contributed by atoms with Crippen molar-refractivity contribution in [1.82, 2.24) is 5.32 Å². The topological polar surface area (TPSA) is 84.6 Å². The fourth-order valence-corrected chi connectivity index (χ4v) is 2.93. The number of anilines is 1. The maximum absolute atomic E-state index is 13.7. The summed E-state index contributed by atoms with van der Waals surface area (Å²) in [6.45, 7) is -0.0693. The van der Waals surface area contributed by atoms with E-state index in [1.165, 1.54) is 13.2 Å². The van der Waals surface area contributed by atoms with Crippen molar-refractivity contribution < 1.29 is 19.0 Å². The summed E-state index contributed by atoms with van der Waals surface area (Å²) in [4.78, 5) is 12.4. The molecule has 1 aromatic carbocycles. The third kappa shape index (κ3) is 2.74. The molecule has 1 atom stereocenters. The smallest absolute Gasteiger partial charge is 0.263 e. The van der Waals surface area contributed by atoms with Gasteiger partial charge in [0.25, 0.3) is 5.91 Å². The van der Waals surface area contributed by atoms with Gasteiger partial charge in [-0.25, -0.2) is 4.39 Å². The van der Waals surface area contributed by atoms with Crippen LogP contribution in [0.3, 0.4) is 0 Å². The number of thiophene rings is 1. The Morgan fingerprint density at radius 2 is 2.35 bits per heavy atom. The minimum Gasteiger partial charge on any atom is -0.397 e. The lowest BCUT2D eigenvalue weighted by Crippen LogP contribution is -2.40. The summed E-state index contributed by atoms with van der Waals surface area (Å²) in [5.41, 5.74) is 5.97. The molecule has 1 amide bonds. The molecule has 0 aliphatic heterocycles. The van der Waals surface area contributed by atoms with E-state index in [4.69, 9.17) is 15.6 Å². The predicted octanol–water partition coefficient (Wildman–Crippen LogP) is 1.36. The van der Waals surface area contributed by atoms with Gasteiger partial charge >= 0.3 is 0 Å². The second kappa shape index (κ2) is 6.17. The summed E-state index contributed by atoms with van der Waals surface area (Å²) in [6, 6.07) is 4.04. The van der Waals surface area contributed by atoms with Crippen molar-refractivity contribution in [3.8, 4) is 0 Å². The van der Waals surface area contributed by atoms with Gasteiger partial charge in [0.05, 0.1) is 30.3 Å². The molecule has 20 heavy (non-hydrogen) atoms. The molecular formula is C13H15FN2O3S. The summed E-state index contributed by atoms with van der Waals surface area (Å²) in [7, 11) is 1.47. The van der Waals surface area contributed by atoms with Gasteiger partial charge < -0.3 is 20.9 Å². The zero-order valence-electron chi connectivity index (χ0n) is 10.9. The molecule has 1 heterocycles. The Balaban J connectivity index is 2.31. The zero-order valence-corrected chi connectivity index (χ0v) is 11.7. The second-order valence-corrected chi connectivity index (χ2v) is 5.32. The standard InChI is InChI=1S/C13H15FN2O3S/c1-19-6-7(5-17)16-13(18)12-11(15)10-8(14)3-2-4-9(10)20-12/h2-4,7,17H,5-6,15H2,1H3,(H,16,18). The highest BCUT2D eigenvalue weighted by molar-refractivity contribution is 7.21. The molecule has 0 radical (unpaired) electrons. The van der Waals surface area contributed by atoms with Crippen molar-refractivity contribution in [1.29, 1.82) is 0 Å². The first kappa shape index (κ1) is 14.7. The number of carbonyl (C=O) groups is 1. The number of aliphatic hydroxyl groups is 1. The highest BCUT2D eigenvalue weighted by Crippen LogP contribution is 2.35. The first-order chi connectivity index (χ1) is 9.58. The number of fused-ring (bicyclic) bond motifs is 1. The summed E-state index contributed by atoms with van der Waals surface area (Å²) in [6.07, 6.45) is 0. The second-order valence-electron chi connectivity index (χ2n) is 4.27. The number of hydrogen-bond donors (Lipinski definition) is 3. The van der Waals surface area contributed by atoms with Gasteiger partial charge in [0.1, 0.15) is 10.7 Å². The van der Waals surface area contributed by atoms with Crippen LogP contribution in [-0.4, -0.2) is 37.4 Å². The fourth-order valence-electron chi connectivity index (χ4n) is 1.89. The quantitative estimate of drug-likeness (QED) is 0.778. The number of nitrogen functional groups attached to an aromatic ring is 1. The van der Waals surface area contributed by atoms with Crippen molar-refractivity contribution in [2.75, 3.05) is 26.1 Å².